The molecule has 2 saturated heterocycles. The van der Waals surface area contributed by atoms with E-state index < -0.39 is 215 Å². The number of phenolic OH excluding ortho intramolecular Hbond substituents is 4. The lowest BCUT2D eigenvalue weighted by molar-refractivity contribution is -0.246. The van der Waals surface area contributed by atoms with Gasteiger partial charge in [0.05, 0.1) is 84.1 Å². The van der Waals surface area contributed by atoms with Gasteiger partial charge in [-0.05, 0) is 26.0 Å². The number of carbonyl (C=O) groups excluding carboxylic acids is 6. The lowest BCUT2D eigenvalue weighted by Crippen LogP contribution is -2.55. The maximum Gasteiger partial charge on any atom is 0.253 e. The largest absolute Gasteiger partial charge is 0.507 e. The van der Waals surface area contributed by atoms with Crippen LogP contribution in [-0.2, 0) is 41.4 Å². The summed E-state index contributed by atoms with van der Waals surface area (Å²) in [6, 6.07) is 5.85. The van der Waals surface area contributed by atoms with Gasteiger partial charge in [0, 0.05) is 71.9 Å². The molecule has 12 N–H and O–H groups in total. The van der Waals surface area contributed by atoms with Crippen molar-refractivity contribution in [1.29, 1.82) is 0 Å². The predicted octanol–water partition coefficient (Wildman–Crippen LogP) is 0.219. The zero-order valence-electron chi connectivity index (χ0n) is 45.1. The van der Waals surface area contributed by atoms with Crippen molar-refractivity contribution in [2.75, 3.05) is 38.1 Å². The van der Waals surface area contributed by atoms with Gasteiger partial charge in [-0.2, -0.15) is 0 Å². The molecule has 5 aromatic rings. The molecule has 8 unspecified atom stereocenters. The van der Waals surface area contributed by atoms with E-state index in [1.807, 2.05) is 0 Å². The fourth-order valence-corrected chi connectivity index (χ4v) is 12.8. The summed E-state index contributed by atoms with van der Waals surface area (Å²) in [5.41, 5.74) is -12.5. The zero-order valence-corrected chi connectivity index (χ0v) is 45.1. The van der Waals surface area contributed by atoms with E-state index in [4.69, 9.17) is 28.4 Å². The summed E-state index contributed by atoms with van der Waals surface area (Å²) in [6.45, 7) is 0.464. The van der Waals surface area contributed by atoms with Crippen molar-refractivity contribution in [1.82, 2.24) is 0 Å². The van der Waals surface area contributed by atoms with E-state index in [-0.39, 0.29) is 67.4 Å². The normalized spacial score (nSPS) is 28.7. The highest BCUT2D eigenvalue weighted by Gasteiger charge is 2.53. The summed E-state index contributed by atoms with van der Waals surface area (Å²) in [5.74, 6) is -9.31. The molecule has 0 radical (unpaired) electrons. The first-order chi connectivity index (χ1) is 39.8. The number of benzene rings is 4. The smallest absolute Gasteiger partial charge is 0.253 e. The van der Waals surface area contributed by atoms with Crippen LogP contribution in [0.25, 0.3) is 0 Å². The molecule has 6 aliphatic rings. The molecule has 2 aliphatic heterocycles. The van der Waals surface area contributed by atoms with Gasteiger partial charge in [-0.25, -0.2) is 0 Å². The van der Waals surface area contributed by atoms with E-state index in [1.165, 1.54) is 64.5 Å². The Morgan fingerprint density at radius 2 is 0.917 bits per heavy atom. The summed E-state index contributed by atoms with van der Waals surface area (Å²) >= 11 is 0. The first kappa shape index (κ1) is 57.8. The molecular weight excluding hydrogens is 1110 g/mol. The fourth-order valence-electron chi connectivity index (χ4n) is 12.8. The van der Waals surface area contributed by atoms with E-state index in [1.54, 1.807) is 0 Å². The summed E-state index contributed by atoms with van der Waals surface area (Å²) in [5, 5.41) is 120. The van der Waals surface area contributed by atoms with E-state index in [9.17, 15) is 89.4 Å². The maximum atomic E-state index is 14.2. The number of ether oxygens (including phenoxy) is 6. The molecule has 26 nitrogen and oxygen atoms in total. The minimum Gasteiger partial charge on any atom is -0.507 e. The van der Waals surface area contributed by atoms with E-state index >= 15 is 0 Å². The number of aliphatic hydroxyl groups is 6. The molecule has 11 rings (SSSR count). The molecule has 26 heteroatoms. The molecule has 2 fully saturated rings. The van der Waals surface area contributed by atoms with E-state index in [0.717, 1.165) is 0 Å². The van der Waals surface area contributed by atoms with Crippen LogP contribution < -0.4 is 31.0 Å². The highest BCUT2D eigenvalue weighted by atomic mass is 16.7. The number of aromatic hydroxyl groups is 4. The van der Waals surface area contributed by atoms with E-state index in [0.29, 0.717) is 0 Å². The number of nitrogens with one attached hydrogen (secondary N) is 2. The number of methoxy groups -OCH3 is 2. The van der Waals surface area contributed by atoms with Crippen LogP contribution >= 0.6 is 0 Å². The van der Waals surface area contributed by atoms with Gasteiger partial charge in [0.1, 0.15) is 82.5 Å². The summed E-state index contributed by atoms with van der Waals surface area (Å²) in [4.78, 5) is 110. The molecule has 4 aliphatic carbocycles. The minimum absolute atomic E-state index is 0.0172. The molecule has 442 valence electrons. The Bertz CT molecular complexity index is 3530. The first-order valence-electron chi connectivity index (χ1n) is 26.6. The molecule has 2 heterocycles. The van der Waals surface area contributed by atoms with Gasteiger partial charge in [-0.3, -0.25) is 38.4 Å². The van der Waals surface area contributed by atoms with Gasteiger partial charge in [0.2, 0.25) is 11.6 Å². The van der Waals surface area contributed by atoms with Gasteiger partial charge in [0.25, 0.3) is 10.9 Å². The lowest BCUT2D eigenvalue weighted by Gasteiger charge is -2.43. The van der Waals surface area contributed by atoms with Crippen molar-refractivity contribution in [3.8, 4) is 34.5 Å². The number of aliphatic hydroxyl groups excluding tert-OH is 4. The third-order valence-electron chi connectivity index (χ3n) is 17.1. The standard InChI is InChI=1S/C58H56N2O24/c1-19-45(65)25(11-33(81-19)83-29-15-57(77,31(63)17-61)13-23-37(29)53(73)41-39(49(23)69)47(67)21-7-5-9-27(79-3)35(21)51(41)71)59-43-44(56(76)55(43)75)60-26-12-34(82-20(2)46(26)66)84-30-16-58(78,32(64)18-62)14-24-38(30)54(74)42-40(50(24)70)48(68)22-8-6-10-28(80-4)36(22)52(42)72/h5-10,19-20,25-26,29-30,33-34,45-46,59-62,65-66,69-70,73-74,77-78H,11-18H2,1-4H3/t19?,20?,25?,26?,29-,30+,33?,34?,45?,46?,57-,58+. The molecule has 0 aromatic heterocycles. The quantitative estimate of drug-likeness (QED) is 0.0512. The summed E-state index contributed by atoms with van der Waals surface area (Å²) in [7, 11) is 2.51. The van der Waals surface area contributed by atoms with Crippen LogP contribution in [0.2, 0.25) is 0 Å². The number of hydrogen-bond acceptors (Lipinski definition) is 26. The second kappa shape index (κ2) is 20.9. The van der Waals surface area contributed by atoms with E-state index in [2.05, 4.69) is 10.6 Å². The average molecular weight is 1170 g/mol. The number of rotatable bonds is 14. The van der Waals surface area contributed by atoms with Gasteiger partial charge in [0.15, 0.2) is 35.7 Å². The van der Waals surface area contributed by atoms with Crippen LogP contribution in [0.15, 0.2) is 46.0 Å². The van der Waals surface area contributed by atoms with Crippen molar-refractivity contribution in [3.05, 3.63) is 124 Å². The van der Waals surface area contributed by atoms with Gasteiger partial charge in [-0.15, -0.1) is 0 Å². The molecule has 84 heavy (non-hydrogen) atoms. The number of carbonyl (C=O) groups is 6. The Balaban J connectivity index is 0.864. The monoisotopic (exact) mass is 1160 g/mol. The Hall–Kier alpha value is -8.02. The molecule has 12 atom stereocenters. The number of Topliss-reactive ketones (excluding diaryl/α,β-unsaturated/α-hetero) is 2. The van der Waals surface area contributed by atoms with Crippen molar-refractivity contribution < 1.29 is 108 Å². The van der Waals surface area contributed by atoms with Crippen LogP contribution in [-0.4, -0.2) is 173 Å². The van der Waals surface area contributed by atoms with Crippen molar-refractivity contribution >= 4 is 46.1 Å². The zero-order chi connectivity index (χ0) is 60.5. The second-order valence-corrected chi connectivity index (χ2v) is 21.9. The average Bonchev–Trinajstić information content (AvgIpc) is 2.62. The Kier molecular flexibility index (Phi) is 14.4. The molecule has 0 saturated carbocycles. The van der Waals surface area contributed by atoms with Crippen LogP contribution in [0.1, 0.15) is 138 Å². The number of fused-ring (bicyclic) bond motifs is 6. The van der Waals surface area contributed by atoms with Crippen LogP contribution in [0.4, 0.5) is 11.4 Å². The molecule has 0 amide bonds. The molecular formula is C58H56N2O24. The Labute approximate surface area is 474 Å². The minimum atomic E-state index is -2.50. The highest BCUT2D eigenvalue weighted by molar-refractivity contribution is 6.32. The molecule has 0 bridgehead atoms. The van der Waals surface area contributed by atoms with Gasteiger partial charge in [-0.1, -0.05) is 24.3 Å². The topological polar surface area (TPSA) is 418 Å². The predicted molar refractivity (Wildman–Crippen MR) is 284 cm³/mol. The summed E-state index contributed by atoms with van der Waals surface area (Å²) < 4.78 is 35.4. The van der Waals surface area contributed by atoms with Gasteiger partial charge < -0.3 is 90.1 Å². The fraction of sp³-hybridized carbons (Fsp3) is 0.414. The van der Waals surface area contributed by atoms with Crippen LogP contribution in [0.3, 0.4) is 0 Å². The van der Waals surface area contributed by atoms with Gasteiger partial charge >= 0.3 is 0 Å². The van der Waals surface area contributed by atoms with Crippen LogP contribution in [0.5, 0.6) is 34.5 Å². The lowest BCUT2D eigenvalue weighted by atomic mass is 9.72. The summed E-state index contributed by atoms with van der Waals surface area (Å²) in [6.07, 6.45) is -15.3. The number of anilines is 2. The van der Waals surface area contributed by atoms with Crippen molar-refractivity contribution in [3.63, 3.8) is 0 Å². The SMILES string of the molecule is COc1cccc2c1C(=O)c1c(O)c3c(c(O)c1C2=O)C[C@@](O)(C(=O)CO)C[C@@H]3OC1CC(Nc2c(NC3CC(O[C@@H]4C[C@@](O)(C(=O)CO)Cc5c(O)c6c(c(O)c54)C(=O)c4c(OC)cccc4C6=O)OC(C)C3O)c(=O)c2=O)C(O)C(C)O1. The molecule has 5 aromatic carbocycles. The number of ketones is 6. The maximum absolute atomic E-state index is 14.2. The number of phenols is 4. The third-order valence-corrected chi connectivity index (χ3v) is 17.1. The third kappa shape index (κ3) is 8.77. The Morgan fingerprint density at radius 3 is 1.26 bits per heavy atom. The highest BCUT2D eigenvalue weighted by Crippen LogP contribution is 2.55. The first-order valence-corrected chi connectivity index (χ1v) is 26.6. The number of hydrogen-bond donors (Lipinski definition) is 12. The molecule has 0 spiro atoms. The van der Waals surface area contributed by atoms with Crippen LogP contribution in [0, 0.1) is 0 Å². The van der Waals surface area contributed by atoms with Crippen molar-refractivity contribution in [2.24, 2.45) is 0 Å². The van der Waals surface area contributed by atoms with Crippen molar-refractivity contribution in [2.45, 2.75) is 125 Å². The Morgan fingerprint density at radius 1 is 0.560 bits per heavy atom. The second-order valence-electron chi connectivity index (χ2n) is 21.9.